The minimum Gasteiger partial charge on any atom is -0.292 e. The molecule has 0 atom stereocenters. The summed E-state index contributed by atoms with van der Waals surface area (Å²) in [7, 11) is 0.880. The lowest BCUT2D eigenvalue weighted by Crippen LogP contribution is -2.43. The second-order valence-corrected chi connectivity index (χ2v) is 5.46. The van der Waals surface area contributed by atoms with Crippen LogP contribution in [0.1, 0.15) is 11.3 Å². The van der Waals surface area contributed by atoms with Crippen LogP contribution in [-0.4, -0.2) is 9.13 Å². The van der Waals surface area contributed by atoms with Gasteiger partial charge in [-0.05, 0) is 25.1 Å². The highest BCUT2D eigenvalue weighted by atomic mass is 79.9. The maximum absolute atomic E-state index is 13.9. The average Bonchev–Trinajstić information content (AvgIpc) is 2.37. The second kappa shape index (κ2) is 5.38. The molecule has 2 rings (SSSR count). The zero-order valence-electron chi connectivity index (χ0n) is 11.3. The lowest BCUT2D eigenvalue weighted by Gasteiger charge is -2.17. The summed E-state index contributed by atoms with van der Waals surface area (Å²) in [4.78, 5) is 24.2. The van der Waals surface area contributed by atoms with Gasteiger partial charge >= 0.3 is 11.9 Å². The second-order valence-electron chi connectivity index (χ2n) is 4.55. The summed E-state index contributed by atoms with van der Waals surface area (Å²) >= 11 is 3.01. The van der Waals surface area contributed by atoms with E-state index in [1.54, 1.807) is 0 Å². The number of alkyl halides is 3. The first-order chi connectivity index (χ1) is 10.1. The SMILES string of the molecule is Cc1c(C(F)(F)F)n(C)c(=O)n(-c2ccc(Br)cc2F)c1=O. The van der Waals surface area contributed by atoms with Crippen molar-refractivity contribution in [3.8, 4) is 5.69 Å². The number of nitrogens with zero attached hydrogens (tertiary/aromatic N) is 2. The van der Waals surface area contributed by atoms with Crippen LogP contribution in [0.25, 0.3) is 5.69 Å². The lowest BCUT2D eigenvalue weighted by atomic mass is 10.2. The molecule has 0 radical (unpaired) electrons. The van der Waals surface area contributed by atoms with Crippen LogP contribution in [0.15, 0.2) is 32.3 Å². The van der Waals surface area contributed by atoms with E-state index in [2.05, 4.69) is 15.9 Å². The van der Waals surface area contributed by atoms with E-state index in [1.807, 2.05) is 0 Å². The zero-order valence-corrected chi connectivity index (χ0v) is 12.9. The third-order valence-electron chi connectivity index (χ3n) is 3.11. The minimum absolute atomic E-state index is 0.290. The summed E-state index contributed by atoms with van der Waals surface area (Å²) in [6.07, 6.45) is -4.87. The van der Waals surface area contributed by atoms with Crippen LogP contribution in [0, 0.1) is 12.7 Å². The largest absolute Gasteiger partial charge is 0.432 e. The fourth-order valence-electron chi connectivity index (χ4n) is 2.13. The molecule has 22 heavy (non-hydrogen) atoms. The minimum atomic E-state index is -4.87. The quantitative estimate of drug-likeness (QED) is 0.714. The molecule has 1 aromatic heterocycles. The van der Waals surface area contributed by atoms with Gasteiger partial charge in [0.2, 0.25) is 0 Å². The molecule has 9 heteroatoms. The van der Waals surface area contributed by atoms with Crippen LogP contribution >= 0.6 is 15.9 Å². The highest BCUT2D eigenvalue weighted by Gasteiger charge is 2.37. The molecule has 0 bridgehead atoms. The van der Waals surface area contributed by atoms with E-state index in [-0.39, 0.29) is 4.57 Å². The monoisotopic (exact) mass is 380 g/mol. The molecule has 0 fully saturated rings. The molecule has 0 aliphatic rings. The number of benzene rings is 1. The van der Waals surface area contributed by atoms with Gasteiger partial charge in [-0.15, -0.1) is 0 Å². The first-order valence-electron chi connectivity index (χ1n) is 5.91. The van der Waals surface area contributed by atoms with Gasteiger partial charge in [-0.2, -0.15) is 13.2 Å². The maximum Gasteiger partial charge on any atom is 0.432 e. The topological polar surface area (TPSA) is 44.0 Å². The molecule has 0 aliphatic carbocycles. The molecule has 0 saturated carbocycles. The van der Waals surface area contributed by atoms with Crippen LogP contribution in [0.2, 0.25) is 0 Å². The predicted molar refractivity (Wildman–Crippen MR) is 74.7 cm³/mol. The maximum atomic E-state index is 13.9. The van der Waals surface area contributed by atoms with Crippen LogP contribution in [0.4, 0.5) is 17.6 Å². The van der Waals surface area contributed by atoms with Crippen molar-refractivity contribution in [2.75, 3.05) is 0 Å². The first-order valence-corrected chi connectivity index (χ1v) is 6.70. The Morgan fingerprint density at radius 2 is 1.77 bits per heavy atom. The fourth-order valence-corrected chi connectivity index (χ4v) is 2.46. The van der Waals surface area contributed by atoms with Crippen LogP contribution in [0.3, 0.4) is 0 Å². The Kier molecular flexibility index (Phi) is 4.03. The number of halogens is 5. The van der Waals surface area contributed by atoms with Gasteiger partial charge in [0.05, 0.1) is 5.69 Å². The molecule has 0 saturated heterocycles. The molecular weight excluding hydrogens is 372 g/mol. The van der Waals surface area contributed by atoms with Crippen molar-refractivity contribution in [1.82, 2.24) is 9.13 Å². The van der Waals surface area contributed by atoms with E-state index in [9.17, 15) is 27.2 Å². The standard InChI is InChI=1S/C13H9BrF4N2O2/c1-6-10(13(16,17)18)19(2)12(22)20(11(6)21)9-4-3-7(14)5-8(9)15/h3-5H,1-2H3. The molecule has 0 N–H and O–H groups in total. The van der Waals surface area contributed by atoms with E-state index in [0.29, 0.717) is 9.04 Å². The molecule has 1 heterocycles. The van der Waals surface area contributed by atoms with Gasteiger partial charge in [0.1, 0.15) is 11.5 Å². The smallest absolute Gasteiger partial charge is 0.292 e. The summed E-state index contributed by atoms with van der Waals surface area (Å²) in [5, 5.41) is 0. The number of hydrogen-bond donors (Lipinski definition) is 0. The molecule has 2 aromatic rings. The molecule has 4 nitrogen and oxygen atoms in total. The van der Waals surface area contributed by atoms with Gasteiger partial charge in [0.15, 0.2) is 0 Å². The lowest BCUT2D eigenvalue weighted by molar-refractivity contribution is -0.144. The van der Waals surface area contributed by atoms with Gasteiger partial charge in [-0.3, -0.25) is 9.36 Å². The zero-order chi connectivity index (χ0) is 16.8. The Balaban J connectivity index is 2.92. The molecule has 118 valence electrons. The fraction of sp³-hybridized carbons (Fsp3) is 0.231. The van der Waals surface area contributed by atoms with E-state index in [4.69, 9.17) is 0 Å². The van der Waals surface area contributed by atoms with Crippen molar-refractivity contribution in [2.24, 2.45) is 7.05 Å². The van der Waals surface area contributed by atoms with E-state index >= 15 is 0 Å². The van der Waals surface area contributed by atoms with Crippen LogP contribution in [-0.2, 0) is 13.2 Å². The van der Waals surface area contributed by atoms with Crippen molar-refractivity contribution >= 4 is 15.9 Å². The summed E-state index contributed by atoms with van der Waals surface area (Å²) in [6.45, 7) is 0.942. The Morgan fingerprint density at radius 3 is 2.27 bits per heavy atom. The Bertz CT molecular complexity index is 831. The summed E-state index contributed by atoms with van der Waals surface area (Å²) in [6, 6.07) is 3.51. The summed E-state index contributed by atoms with van der Waals surface area (Å²) in [5.41, 5.74) is -4.93. The molecular formula is C13H9BrF4N2O2. The first kappa shape index (κ1) is 16.5. The summed E-state index contributed by atoms with van der Waals surface area (Å²) < 4.78 is 53.8. The van der Waals surface area contributed by atoms with Crippen LogP contribution < -0.4 is 11.2 Å². The average molecular weight is 381 g/mol. The van der Waals surface area contributed by atoms with E-state index in [0.717, 1.165) is 26.1 Å². The van der Waals surface area contributed by atoms with E-state index in [1.165, 1.54) is 6.07 Å². The van der Waals surface area contributed by atoms with Crippen molar-refractivity contribution in [1.29, 1.82) is 0 Å². The Labute approximate surface area is 129 Å². The number of rotatable bonds is 1. The van der Waals surface area contributed by atoms with Crippen molar-refractivity contribution < 1.29 is 17.6 Å². The highest BCUT2D eigenvalue weighted by Crippen LogP contribution is 2.29. The third-order valence-corrected chi connectivity index (χ3v) is 3.61. The molecule has 0 aliphatic heterocycles. The molecule has 0 amide bonds. The number of aromatic nitrogens is 2. The van der Waals surface area contributed by atoms with Gasteiger partial charge < -0.3 is 0 Å². The highest BCUT2D eigenvalue weighted by molar-refractivity contribution is 9.10. The normalized spacial score (nSPS) is 11.8. The molecule has 1 aromatic carbocycles. The molecule has 0 unspecified atom stereocenters. The van der Waals surface area contributed by atoms with Crippen LogP contribution in [0.5, 0.6) is 0 Å². The van der Waals surface area contributed by atoms with Crippen molar-refractivity contribution in [3.63, 3.8) is 0 Å². The van der Waals surface area contributed by atoms with Crippen molar-refractivity contribution in [3.05, 3.63) is 60.6 Å². The summed E-state index contributed by atoms with van der Waals surface area (Å²) in [5.74, 6) is -0.910. The van der Waals surface area contributed by atoms with E-state index < -0.39 is 40.2 Å². The van der Waals surface area contributed by atoms with Gasteiger partial charge in [-0.25, -0.2) is 13.8 Å². The Hall–Kier alpha value is -1.90. The predicted octanol–water partition coefficient (Wildman–Crippen LogP) is 2.77. The third kappa shape index (κ3) is 2.60. The van der Waals surface area contributed by atoms with Gasteiger partial charge in [-0.1, -0.05) is 15.9 Å². The Morgan fingerprint density at radius 1 is 1.18 bits per heavy atom. The van der Waals surface area contributed by atoms with Gasteiger partial charge in [0, 0.05) is 17.1 Å². The van der Waals surface area contributed by atoms with Gasteiger partial charge in [0.25, 0.3) is 5.56 Å². The molecule has 0 spiro atoms. The number of hydrogen-bond acceptors (Lipinski definition) is 2. The van der Waals surface area contributed by atoms with Crippen molar-refractivity contribution in [2.45, 2.75) is 13.1 Å².